The fraction of sp³-hybridized carbons (Fsp3) is 0.214. The summed E-state index contributed by atoms with van der Waals surface area (Å²) in [5.41, 5.74) is 0. The van der Waals surface area contributed by atoms with Crippen molar-refractivity contribution < 1.29 is 18.9 Å². The Balaban J connectivity index is 0. The van der Waals surface area contributed by atoms with Crippen molar-refractivity contribution >= 4 is 40.3 Å². The Morgan fingerprint density at radius 1 is 0.875 bits per heavy atom. The molecule has 0 saturated carbocycles. The summed E-state index contributed by atoms with van der Waals surface area (Å²) >= 11 is 0. The van der Waals surface area contributed by atoms with Crippen LogP contribution in [0.2, 0.25) is 0 Å². The van der Waals surface area contributed by atoms with Gasteiger partial charge < -0.3 is 6.92 Å². The van der Waals surface area contributed by atoms with Crippen molar-refractivity contribution in [1.29, 1.82) is 0 Å². The predicted molar refractivity (Wildman–Crippen MR) is 70.0 cm³/mol. The van der Waals surface area contributed by atoms with Crippen LogP contribution in [0.5, 0.6) is 0 Å². The second-order valence-corrected chi connectivity index (χ2v) is 3.20. The Bertz CT molecular complexity index is 306. The van der Waals surface area contributed by atoms with Crippen molar-refractivity contribution in [3.8, 4) is 0 Å². The molecule has 2 aromatic carbocycles. The first-order valence-corrected chi connectivity index (χ1v) is 5.11. The maximum absolute atomic E-state index is 3.60. The number of hydrogen-bond donors (Lipinski definition) is 0. The van der Waals surface area contributed by atoms with Gasteiger partial charge in [-0.15, -0.1) is 0 Å². The predicted octanol–water partition coefficient (Wildman–Crippen LogP) is 1.08. The van der Waals surface area contributed by atoms with Gasteiger partial charge >= 0.3 is 18.9 Å². The van der Waals surface area contributed by atoms with E-state index in [9.17, 15) is 0 Å². The Morgan fingerprint density at radius 2 is 1.12 bits per heavy atom. The van der Waals surface area contributed by atoms with Gasteiger partial charge in [0.05, 0.1) is 0 Å². The zero-order valence-electron chi connectivity index (χ0n) is 10.7. The van der Waals surface area contributed by atoms with E-state index in [2.05, 4.69) is 62.4 Å². The summed E-state index contributed by atoms with van der Waals surface area (Å²) in [6.45, 7) is 5.72. The number of benzene rings is 2. The molecule has 0 nitrogen and oxygen atoms in total. The quantitative estimate of drug-likeness (QED) is 0.493. The van der Waals surface area contributed by atoms with E-state index in [4.69, 9.17) is 0 Å². The van der Waals surface area contributed by atoms with E-state index >= 15 is 0 Å². The molecule has 2 aromatic rings. The first-order valence-electron chi connectivity index (χ1n) is 5.11. The minimum Gasteiger partial charge on any atom is -0.343 e. The van der Waals surface area contributed by atoms with Crippen molar-refractivity contribution in [2.45, 2.75) is 19.8 Å². The van der Waals surface area contributed by atoms with Crippen LogP contribution in [0.15, 0.2) is 48.5 Å². The molecule has 0 aliphatic rings. The zero-order valence-corrected chi connectivity index (χ0v) is 12.7. The third kappa shape index (κ3) is 6.79. The number of unbranched alkanes of at least 4 members (excludes halogenated alkanes) is 1. The summed E-state index contributed by atoms with van der Waals surface area (Å²) in [5.74, 6) is 0. The minimum absolute atomic E-state index is 0. The van der Waals surface area contributed by atoms with E-state index in [-0.39, 0.29) is 48.4 Å². The van der Waals surface area contributed by atoms with Gasteiger partial charge in [0.1, 0.15) is 0 Å². The van der Waals surface area contributed by atoms with Crippen LogP contribution in [0.4, 0.5) is 0 Å². The molecule has 0 saturated heterocycles. The van der Waals surface area contributed by atoms with E-state index in [0.29, 0.717) is 0 Å². The molecule has 0 atom stereocenters. The van der Waals surface area contributed by atoms with Crippen molar-refractivity contribution in [2.75, 3.05) is 0 Å². The maximum Gasteiger partial charge on any atom is 1.00 e. The Hall–Kier alpha value is 0.297. The minimum atomic E-state index is 0. The van der Waals surface area contributed by atoms with Gasteiger partial charge in [-0.25, -0.2) is 0 Å². The van der Waals surface area contributed by atoms with Crippen LogP contribution in [0.3, 0.4) is 0 Å². The molecule has 0 fully saturated rings. The molecule has 0 unspecified atom stereocenters. The molecule has 0 bridgehead atoms. The summed E-state index contributed by atoms with van der Waals surface area (Å²) in [6, 6.07) is 16.7. The van der Waals surface area contributed by atoms with Gasteiger partial charge in [-0.1, -0.05) is 61.9 Å². The van der Waals surface area contributed by atoms with Crippen LogP contribution in [-0.2, 0) is 0 Å². The molecule has 0 aliphatic heterocycles. The molecule has 16 heavy (non-hydrogen) atoms. The molecular formula is C14H17LiNa. The molecular weight excluding hydrogens is 198 g/mol. The standard InChI is InChI=1S/C10H8.C4H9.Li.Na/c1-2-6-10-8-4-3-7-9(10)5-1;1-3-4-2;;/h1-8H;1,3-4H2,2H3;;/q;-1;+1;. The van der Waals surface area contributed by atoms with E-state index in [1.54, 1.807) is 0 Å². The van der Waals surface area contributed by atoms with Crippen LogP contribution in [0, 0.1) is 6.92 Å². The molecule has 0 aromatic heterocycles. The Morgan fingerprint density at radius 3 is 1.31 bits per heavy atom. The molecule has 0 aliphatic carbocycles. The van der Waals surface area contributed by atoms with Crippen molar-refractivity contribution in [3.63, 3.8) is 0 Å². The van der Waals surface area contributed by atoms with Crippen LogP contribution in [0.1, 0.15) is 19.8 Å². The van der Waals surface area contributed by atoms with E-state index in [0.717, 1.165) is 6.42 Å². The molecule has 0 spiro atoms. The normalized spacial score (nSPS) is 8.12. The third-order valence-corrected chi connectivity index (χ3v) is 2.01. The van der Waals surface area contributed by atoms with E-state index < -0.39 is 0 Å². The zero-order chi connectivity index (χ0) is 10.2. The summed E-state index contributed by atoms with van der Waals surface area (Å²) in [7, 11) is 0. The average molecular weight is 215 g/mol. The van der Waals surface area contributed by atoms with Gasteiger partial charge in [-0.05, 0) is 10.8 Å². The molecule has 1 radical (unpaired) electrons. The average Bonchev–Trinajstić information content (AvgIpc) is 2.30. The summed E-state index contributed by atoms with van der Waals surface area (Å²) < 4.78 is 0. The SMILES string of the molecule is [CH2-]CCC.[Li+].[Na].c1ccc2ccccc2c1. The first-order chi connectivity index (χ1) is 6.88. The molecule has 2 heteroatoms. The fourth-order valence-corrected chi connectivity index (χ4v) is 1.13. The van der Waals surface area contributed by atoms with E-state index in [1.807, 2.05) is 0 Å². The number of fused-ring (bicyclic) bond motifs is 1. The second-order valence-electron chi connectivity index (χ2n) is 3.20. The van der Waals surface area contributed by atoms with Crippen LogP contribution >= 0.6 is 0 Å². The number of hydrogen-bond acceptors (Lipinski definition) is 0. The number of rotatable bonds is 1. The molecule has 0 N–H and O–H groups in total. The van der Waals surface area contributed by atoms with Gasteiger partial charge in [0.2, 0.25) is 0 Å². The van der Waals surface area contributed by atoms with Gasteiger partial charge in [-0.2, -0.15) is 6.42 Å². The van der Waals surface area contributed by atoms with Gasteiger partial charge in [0, 0.05) is 29.6 Å². The summed E-state index contributed by atoms with van der Waals surface area (Å²) in [4.78, 5) is 0. The van der Waals surface area contributed by atoms with Gasteiger partial charge in [0.25, 0.3) is 0 Å². The maximum atomic E-state index is 3.60. The molecule has 0 heterocycles. The smallest absolute Gasteiger partial charge is 0.343 e. The van der Waals surface area contributed by atoms with Crippen molar-refractivity contribution in [1.82, 2.24) is 0 Å². The molecule has 2 rings (SSSR count). The molecule has 0 amide bonds. The second kappa shape index (κ2) is 11.8. The van der Waals surface area contributed by atoms with E-state index in [1.165, 1.54) is 17.2 Å². The monoisotopic (exact) mass is 215 g/mol. The molecule has 75 valence electrons. The topological polar surface area (TPSA) is 0 Å². The van der Waals surface area contributed by atoms with Crippen LogP contribution in [-0.4, -0.2) is 29.6 Å². The fourth-order valence-electron chi connectivity index (χ4n) is 1.13. The van der Waals surface area contributed by atoms with Crippen molar-refractivity contribution in [2.24, 2.45) is 0 Å². The Labute approximate surface area is 133 Å². The van der Waals surface area contributed by atoms with Crippen LogP contribution in [0.25, 0.3) is 10.8 Å². The van der Waals surface area contributed by atoms with Gasteiger partial charge in [0.15, 0.2) is 0 Å². The third-order valence-electron chi connectivity index (χ3n) is 2.01. The van der Waals surface area contributed by atoms with Crippen LogP contribution < -0.4 is 18.9 Å². The summed E-state index contributed by atoms with van der Waals surface area (Å²) in [5, 5.41) is 2.62. The first kappa shape index (κ1) is 18.7. The Kier molecular flexibility index (Phi) is 13.7. The van der Waals surface area contributed by atoms with Gasteiger partial charge in [-0.3, -0.25) is 0 Å². The largest absolute Gasteiger partial charge is 1.00 e. The van der Waals surface area contributed by atoms with Crippen molar-refractivity contribution in [3.05, 3.63) is 55.5 Å². The summed E-state index contributed by atoms with van der Waals surface area (Å²) in [6.07, 6.45) is 2.28.